The summed E-state index contributed by atoms with van der Waals surface area (Å²) in [6.07, 6.45) is 4.15. The van der Waals surface area contributed by atoms with Gasteiger partial charge in [-0.1, -0.05) is 23.7 Å². The second kappa shape index (κ2) is 8.45. The van der Waals surface area contributed by atoms with E-state index in [1.165, 1.54) is 6.26 Å². The van der Waals surface area contributed by atoms with Crippen molar-refractivity contribution in [3.63, 3.8) is 0 Å². The first-order valence-corrected chi connectivity index (χ1v) is 9.77. The van der Waals surface area contributed by atoms with Crippen molar-refractivity contribution in [2.24, 2.45) is 0 Å². The second-order valence-corrected chi connectivity index (χ2v) is 7.31. The van der Waals surface area contributed by atoms with E-state index in [1.54, 1.807) is 6.07 Å². The van der Waals surface area contributed by atoms with Gasteiger partial charge in [-0.3, -0.25) is 4.79 Å². The minimum Gasteiger partial charge on any atom is -0.486 e. The van der Waals surface area contributed by atoms with E-state index >= 15 is 0 Å². The molecular formula is C23H21ClN2O3. The third-order valence-electron chi connectivity index (χ3n) is 4.76. The first-order valence-electron chi connectivity index (χ1n) is 9.40. The molecule has 2 aromatic heterocycles. The van der Waals surface area contributed by atoms with Gasteiger partial charge in [-0.05, 0) is 60.9 Å². The molecule has 0 atom stereocenters. The van der Waals surface area contributed by atoms with Gasteiger partial charge in [0.1, 0.15) is 12.4 Å². The van der Waals surface area contributed by atoms with E-state index < -0.39 is 0 Å². The van der Waals surface area contributed by atoms with Crippen molar-refractivity contribution in [3.8, 4) is 5.75 Å². The Kier molecular flexibility index (Phi) is 5.58. The molecule has 0 unspecified atom stereocenters. The number of aromatic nitrogens is 1. The molecule has 148 valence electrons. The molecule has 0 saturated carbocycles. The summed E-state index contributed by atoms with van der Waals surface area (Å²) in [6, 6.07) is 15.1. The van der Waals surface area contributed by atoms with Gasteiger partial charge in [0.05, 0.1) is 11.8 Å². The maximum Gasteiger partial charge on any atom is 0.254 e. The predicted octanol–water partition coefficient (Wildman–Crippen LogP) is 5.27. The van der Waals surface area contributed by atoms with Crippen LogP contribution in [-0.2, 0) is 13.0 Å². The smallest absolute Gasteiger partial charge is 0.254 e. The Morgan fingerprint density at radius 1 is 1.21 bits per heavy atom. The standard InChI is InChI=1S/C23H21ClN2O3/c1-15-3-2-4-18(11-15)29-14-22-19(8-10-28-22)23(27)25-9-7-16-13-26-21-6-5-17(24)12-20(16)21/h2-6,8,10-13,26H,7,9,14H2,1H3,(H,25,27). The van der Waals surface area contributed by atoms with Gasteiger partial charge in [0.2, 0.25) is 0 Å². The van der Waals surface area contributed by atoms with Crippen LogP contribution in [0.4, 0.5) is 0 Å². The number of hydrogen-bond donors (Lipinski definition) is 2. The van der Waals surface area contributed by atoms with Crippen molar-refractivity contribution in [3.05, 3.63) is 88.5 Å². The highest BCUT2D eigenvalue weighted by atomic mass is 35.5. The van der Waals surface area contributed by atoms with Gasteiger partial charge in [0, 0.05) is 28.7 Å². The number of carbonyl (C=O) groups is 1. The number of ether oxygens (including phenoxy) is 1. The third-order valence-corrected chi connectivity index (χ3v) is 4.99. The topological polar surface area (TPSA) is 67.3 Å². The van der Waals surface area contributed by atoms with Crippen LogP contribution < -0.4 is 10.1 Å². The lowest BCUT2D eigenvalue weighted by atomic mass is 10.1. The molecule has 0 fully saturated rings. The van der Waals surface area contributed by atoms with E-state index in [0.29, 0.717) is 29.3 Å². The molecular weight excluding hydrogens is 388 g/mol. The highest BCUT2D eigenvalue weighted by Crippen LogP contribution is 2.22. The van der Waals surface area contributed by atoms with Crippen LogP contribution in [0, 0.1) is 6.92 Å². The first kappa shape index (κ1) is 19.2. The number of amides is 1. The summed E-state index contributed by atoms with van der Waals surface area (Å²) in [4.78, 5) is 15.8. The maximum atomic E-state index is 12.6. The Morgan fingerprint density at radius 3 is 2.97 bits per heavy atom. The fourth-order valence-corrected chi connectivity index (χ4v) is 3.44. The molecule has 0 bridgehead atoms. The van der Waals surface area contributed by atoms with Crippen LogP contribution in [0.15, 0.2) is 65.4 Å². The van der Waals surface area contributed by atoms with Crippen LogP contribution >= 0.6 is 11.6 Å². The molecule has 0 radical (unpaired) electrons. The van der Waals surface area contributed by atoms with Gasteiger partial charge in [0.25, 0.3) is 5.91 Å². The van der Waals surface area contributed by atoms with Crippen LogP contribution in [-0.4, -0.2) is 17.4 Å². The zero-order valence-electron chi connectivity index (χ0n) is 16.0. The number of hydrogen-bond acceptors (Lipinski definition) is 3. The Bertz CT molecular complexity index is 1150. The Morgan fingerprint density at radius 2 is 2.10 bits per heavy atom. The number of furan rings is 1. The van der Waals surface area contributed by atoms with Gasteiger partial charge in [-0.15, -0.1) is 0 Å². The number of aryl methyl sites for hydroxylation is 1. The number of rotatable bonds is 7. The van der Waals surface area contributed by atoms with Crippen LogP contribution in [0.5, 0.6) is 5.75 Å². The zero-order chi connectivity index (χ0) is 20.2. The van der Waals surface area contributed by atoms with Crippen molar-refractivity contribution < 1.29 is 13.9 Å². The molecule has 0 aliphatic carbocycles. The molecule has 0 spiro atoms. The molecule has 4 rings (SSSR count). The molecule has 2 aromatic carbocycles. The van der Waals surface area contributed by atoms with Crippen molar-refractivity contribution in [1.29, 1.82) is 0 Å². The average molecular weight is 409 g/mol. The summed E-state index contributed by atoms with van der Waals surface area (Å²) in [5.74, 6) is 1.06. The number of fused-ring (bicyclic) bond motifs is 1. The normalized spacial score (nSPS) is 11.0. The first-order chi connectivity index (χ1) is 14.1. The predicted molar refractivity (Wildman–Crippen MR) is 114 cm³/mol. The number of nitrogens with one attached hydrogen (secondary N) is 2. The molecule has 4 aromatic rings. The van der Waals surface area contributed by atoms with Gasteiger partial charge < -0.3 is 19.5 Å². The van der Waals surface area contributed by atoms with Crippen LogP contribution in [0.2, 0.25) is 5.02 Å². The summed E-state index contributed by atoms with van der Waals surface area (Å²) in [5.41, 5.74) is 3.73. The largest absolute Gasteiger partial charge is 0.486 e. The van der Waals surface area contributed by atoms with Crippen molar-refractivity contribution in [1.82, 2.24) is 10.3 Å². The number of halogens is 1. The SMILES string of the molecule is Cc1cccc(OCc2occc2C(=O)NCCc2c[nH]c3ccc(Cl)cc23)c1. The molecule has 5 nitrogen and oxygen atoms in total. The monoisotopic (exact) mass is 408 g/mol. The van der Waals surface area contributed by atoms with Crippen LogP contribution in [0.1, 0.15) is 27.2 Å². The van der Waals surface area contributed by atoms with Crippen molar-refractivity contribution >= 4 is 28.4 Å². The second-order valence-electron chi connectivity index (χ2n) is 6.87. The summed E-state index contributed by atoms with van der Waals surface area (Å²) < 4.78 is 11.2. The fraction of sp³-hybridized carbons (Fsp3) is 0.174. The highest BCUT2D eigenvalue weighted by molar-refractivity contribution is 6.31. The molecule has 2 heterocycles. The summed E-state index contributed by atoms with van der Waals surface area (Å²) in [6.45, 7) is 2.70. The van der Waals surface area contributed by atoms with Crippen LogP contribution in [0.25, 0.3) is 10.9 Å². The van der Waals surface area contributed by atoms with E-state index in [-0.39, 0.29) is 12.5 Å². The number of H-pyrrole nitrogens is 1. The van der Waals surface area contributed by atoms with E-state index in [9.17, 15) is 4.79 Å². The van der Waals surface area contributed by atoms with Gasteiger partial charge in [-0.25, -0.2) is 0 Å². The quantitative estimate of drug-likeness (QED) is 0.437. The summed E-state index contributed by atoms with van der Waals surface area (Å²) in [7, 11) is 0. The summed E-state index contributed by atoms with van der Waals surface area (Å²) >= 11 is 6.09. The van der Waals surface area contributed by atoms with E-state index in [4.69, 9.17) is 20.8 Å². The molecule has 0 aliphatic heterocycles. The van der Waals surface area contributed by atoms with E-state index in [2.05, 4.69) is 10.3 Å². The molecule has 29 heavy (non-hydrogen) atoms. The van der Waals surface area contributed by atoms with Crippen molar-refractivity contribution in [2.75, 3.05) is 6.54 Å². The third kappa shape index (κ3) is 4.46. The van der Waals surface area contributed by atoms with Gasteiger partial charge >= 0.3 is 0 Å². The average Bonchev–Trinajstić information content (AvgIpc) is 3.33. The lowest BCUT2D eigenvalue weighted by Crippen LogP contribution is -2.26. The minimum absolute atomic E-state index is 0.181. The molecule has 6 heteroatoms. The number of carbonyl (C=O) groups excluding carboxylic acids is 1. The highest BCUT2D eigenvalue weighted by Gasteiger charge is 2.15. The number of benzene rings is 2. The Hall–Kier alpha value is -3.18. The molecule has 0 aliphatic rings. The molecule has 1 amide bonds. The minimum atomic E-state index is -0.181. The van der Waals surface area contributed by atoms with Gasteiger partial charge in [0.15, 0.2) is 5.76 Å². The van der Waals surface area contributed by atoms with Crippen LogP contribution in [0.3, 0.4) is 0 Å². The van der Waals surface area contributed by atoms with E-state index in [0.717, 1.165) is 27.8 Å². The lowest BCUT2D eigenvalue weighted by Gasteiger charge is -2.08. The Labute approximate surface area is 173 Å². The molecule has 0 saturated heterocycles. The van der Waals surface area contributed by atoms with E-state index in [1.807, 2.05) is 55.6 Å². The molecule has 2 N–H and O–H groups in total. The van der Waals surface area contributed by atoms with Crippen molar-refractivity contribution in [2.45, 2.75) is 20.0 Å². The Balaban J connectivity index is 1.35. The zero-order valence-corrected chi connectivity index (χ0v) is 16.8. The number of aromatic amines is 1. The summed E-state index contributed by atoms with van der Waals surface area (Å²) in [5, 5.41) is 4.71. The van der Waals surface area contributed by atoms with Gasteiger partial charge in [-0.2, -0.15) is 0 Å². The lowest BCUT2D eigenvalue weighted by molar-refractivity contribution is 0.0949. The maximum absolute atomic E-state index is 12.6. The fourth-order valence-electron chi connectivity index (χ4n) is 3.27.